The van der Waals surface area contributed by atoms with Crippen molar-refractivity contribution in [1.29, 1.82) is 0 Å². The first kappa shape index (κ1) is 23.6. The molecule has 1 unspecified atom stereocenters. The molecule has 2 aromatic carbocycles. The van der Waals surface area contributed by atoms with Crippen molar-refractivity contribution < 1.29 is 23.8 Å². The lowest BCUT2D eigenvalue weighted by atomic mass is 10.1. The molecule has 1 aliphatic rings. The fraction of sp³-hybridized carbons (Fsp3) is 0.261. The number of amides is 2. The van der Waals surface area contributed by atoms with Crippen molar-refractivity contribution >= 4 is 52.5 Å². The van der Waals surface area contributed by atoms with E-state index in [1.54, 1.807) is 43.5 Å². The van der Waals surface area contributed by atoms with Crippen LogP contribution in [-0.4, -0.2) is 37.3 Å². The van der Waals surface area contributed by atoms with Crippen molar-refractivity contribution in [3.8, 4) is 17.2 Å². The van der Waals surface area contributed by atoms with Gasteiger partial charge < -0.3 is 14.2 Å². The van der Waals surface area contributed by atoms with E-state index in [1.807, 2.05) is 13.8 Å². The molecule has 1 fully saturated rings. The topological polar surface area (TPSA) is 77.1 Å². The highest BCUT2D eigenvalue weighted by atomic mass is 35.5. The number of thiocarbonyl (C=S) groups is 1. The predicted molar refractivity (Wildman–Crippen MR) is 128 cm³/mol. The van der Waals surface area contributed by atoms with Crippen LogP contribution in [0, 0.1) is 0 Å². The lowest BCUT2D eigenvalue weighted by Gasteiger charge is -2.29. The van der Waals surface area contributed by atoms with E-state index >= 15 is 0 Å². The van der Waals surface area contributed by atoms with Gasteiger partial charge in [0.15, 0.2) is 16.6 Å². The van der Waals surface area contributed by atoms with E-state index in [-0.39, 0.29) is 16.8 Å². The van der Waals surface area contributed by atoms with Crippen LogP contribution in [0.1, 0.15) is 25.8 Å². The molecule has 0 spiro atoms. The smallest absolute Gasteiger partial charge is 0.270 e. The number of carbonyl (C=O) groups excluding carboxylic acids is 2. The minimum Gasteiger partial charge on any atom is -0.497 e. The average Bonchev–Trinajstić information content (AvgIpc) is 2.78. The number of halogens is 1. The molecule has 0 bridgehead atoms. The van der Waals surface area contributed by atoms with Gasteiger partial charge in [0.1, 0.15) is 11.3 Å². The van der Waals surface area contributed by atoms with Gasteiger partial charge in [0.25, 0.3) is 11.8 Å². The third-order valence-corrected chi connectivity index (χ3v) is 5.45. The molecular weight excluding hydrogens is 452 g/mol. The van der Waals surface area contributed by atoms with Gasteiger partial charge in [-0.2, -0.15) is 0 Å². The number of carbonyl (C=O) groups is 2. The van der Waals surface area contributed by atoms with Gasteiger partial charge in [-0.1, -0.05) is 18.5 Å². The van der Waals surface area contributed by atoms with Crippen LogP contribution in [0.15, 0.2) is 42.0 Å². The number of hydrogen-bond acceptors (Lipinski definition) is 6. The molecule has 2 aromatic rings. The highest BCUT2D eigenvalue weighted by Crippen LogP contribution is 2.38. The van der Waals surface area contributed by atoms with Crippen molar-refractivity contribution in [3.05, 3.63) is 52.6 Å². The average molecular weight is 475 g/mol. The number of anilines is 1. The Morgan fingerprint density at radius 2 is 1.84 bits per heavy atom. The predicted octanol–water partition coefficient (Wildman–Crippen LogP) is 4.37. The van der Waals surface area contributed by atoms with E-state index in [4.69, 9.17) is 38.0 Å². The zero-order valence-corrected chi connectivity index (χ0v) is 19.7. The summed E-state index contributed by atoms with van der Waals surface area (Å²) in [5.41, 5.74) is 0.909. The molecule has 1 aliphatic heterocycles. The fourth-order valence-corrected chi connectivity index (χ4v) is 3.56. The van der Waals surface area contributed by atoms with Crippen LogP contribution in [0.25, 0.3) is 6.08 Å². The van der Waals surface area contributed by atoms with E-state index in [0.717, 1.165) is 6.42 Å². The lowest BCUT2D eigenvalue weighted by Crippen LogP contribution is -2.54. The number of ether oxygens (including phenoxy) is 3. The second kappa shape index (κ2) is 10.0. The van der Waals surface area contributed by atoms with Crippen LogP contribution < -0.4 is 24.4 Å². The summed E-state index contributed by atoms with van der Waals surface area (Å²) in [6, 6.07) is 10.0. The highest BCUT2D eigenvalue weighted by molar-refractivity contribution is 7.80. The molecule has 2 amide bonds. The number of rotatable bonds is 7. The van der Waals surface area contributed by atoms with Crippen molar-refractivity contribution in [3.63, 3.8) is 0 Å². The second-order valence-electron chi connectivity index (χ2n) is 7.03. The number of methoxy groups -OCH3 is 2. The van der Waals surface area contributed by atoms with Crippen LogP contribution in [0.4, 0.5) is 5.69 Å². The summed E-state index contributed by atoms with van der Waals surface area (Å²) in [6.45, 7) is 3.92. The summed E-state index contributed by atoms with van der Waals surface area (Å²) in [5, 5.41) is 2.86. The molecule has 1 saturated heterocycles. The molecule has 0 aliphatic carbocycles. The Balaban J connectivity index is 1.99. The summed E-state index contributed by atoms with van der Waals surface area (Å²) < 4.78 is 16.4. The van der Waals surface area contributed by atoms with Gasteiger partial charge in [0, 0.05) is 0 Å². The van der Waals surface area contributed by atoms with E-state index in [9.17, 15) is 9.59 Å². The molecule has 1 heterocycles. The maximum Gasteiger partial charge on any atom is 0.270 e. The van der Waals surface area contributed by atoms with Crippen molar-refractivity contribution in [1.82, 2.24) is 5.32 Å². The number of nitrogens with one attached hydrogen (secondary N) is 1. The van der Waals surface area contributed by atoms with Crippen molar-refractivity contribution in [2.45, 2.75) is 26.4 Å². The number of benzene rings is 2. The Hall–Kier alpha value is -3.10. The molecule has 1 N–H and O–H groups in total. The molecule has 9 heteroatoms. The summed E-state index contributed by atoms with van der Waals surface area (Å²) in [4.78, 5) is 27.0. The van der Waals surface area contributed by atoms with Crippen LogP contribution in [0.3, 0.4) is 0 Å². The summed E-state index contributed by atoms with van der Waals surface area (Å²) in [7, 11) is 3.04. The third-order valence-electron chi connectivity index (χ3n) is 4.89. The Morgan fingerprint density at radius 3 is 2.44 bits per heavy atom. The maximum absolute atomic E-state index is 13.2. The monoisotopic (exact) mass is 474 g/mol. The van der Waals surface area contributed by atoms with Gasteiger partial charge in [-0.05, 0) is 73.6 Å². The van der Waals surface area contributed by atoms with Crippen LogP contribution in [0.2, 0.25) is 5.02 Å². The minimum atomic E-state index is -0.597. The maximum atomic E-state index is 13.2. The van der Waals surface area contributed by atoms with Gasteiger partial charge in [-0.15, -0.1) is 0 Å². The number of hydrogen-bond donors (Lipinski definition) is 1. The van der Waals surface area contributed by atoms with E-state index in [2.05, 4.69) is 5.32 Å². The third kappa shape index (κ3) is 4.87. The summed E-state index contributed by atoms with van der Waals surface area (Å²) in [6.07, 6.45) is 2.17. The van der Waals surface area contributed by atoms with Crippen molar-refractivity contribution in [2.75, 3.05) is 19.1 Å². The molecule has 1 atom stereocenters. The van der Waals surface area contributed by atoms with Gasteiger partial charge in [0.2, 0.25) is 0 Å². The van der Waals surface area contributed by atoms with E-state index in [0.29, 0.717) is 33.5 Å². The number of nitrogens with zero attached hydrogens (tertiary/aromatic N) is 1. The zero-order chi connectivity index (χ0) is 23.4. The molecular formula is C23H23ClN2O5S. The Morgan fingerprint density at radius 1 is 1.16 bits per heavy atom. The largest absolute Gasteiger partial charge is 0.497 e. The summed E-state index contributed by atoms with van der Waals surface area (Å²) in [5.74, 6) is 0.283. The standard InChI is InChI=1S/C23H23ClN2O5S/c1-5-13(2)31-20-18(24)11-14(12-19(20)30-4)10-17-21(27)25-23(32)26(22(17)28)15-6-8-16(29-3)9-7-15/h6-13H,5H2,1-4H3,(H,25,27,32). The van der Waals surface area contributed by atoms with Crippen LogP contribution >= 0.6 is 23.8 Å². The first-order chi connectivity index (χ1) is 15.3. The van der Waals surface area contributed by atoms with Crippen LogP contribution in [-0.2, 0) is 9.59 Å². The highest BCUT2D eigenvalue weighted by Gasteiger charge is 2.34. The molecule has 7 nitrogen and oxygen atoms in total. The molecule has 32 heavy (non-hydrogen) atoms. The Labute approximate surface area is 196 Å². The molecule has 0 radical (unpaired) electrons. The first-order valence-electron chi connectivity index (χ1n) is 9.88. The lowest BCUT2D eigenvalue weighted by molar-refractivity contribution is -0.122. The van der Waals surface area contributed by atoms with Gasteiger partial charge in [-0.3, -0.25) is 19.8 Å². The summed E-state index contributed by atoms with van der Waals surface area (Å²) >= 11 is 11.6. The van der Waals surface area contributed by atoms with Crippen molar-refractivity contribution in [2.24, 2.45) is 0 Å². The molecule has 168 valence electrons. The van der Waals surface area contributed by atoms with E-state index < -0.39 is 11.8 Å². The second-order valence-corrected chi connectivity index (χ2v) is 7.82. The quantitative estimate of drug-likeness (QED) is 0.365. The molecule has 3 rings (SSSR count). The first-order valence-corrected chi connectivity index (χ1v) is 10.7. The zero-order valence-electron chi connectivity index (χ0n) is 18.1. The van der Waals surface area contributed by atoms with Gasteiger partial charge in [-0.25, -0.2) is 0 Å². The van der Waals surface area contributed by atoms with Gasteiger partial charge >= 0.3 is 0 Å². The molecule has 0 saturated carbocycles. The fourth-order valence-electron chi connectivity index (χ4n) is 3.01. The molecule has 0 aromatic heterocycles. The normalized spacial score (nSPS) is 16.1. The Kier molecular flexibility index (Phi) is 7.37. The SMILES string of the molecule is CCC(C)Oc1c(Cl)cc(C=C2C(=O)NC(=S)N(c3ccc(OC)cc3)C2=O)cc1OC. The minimum absolute atomic E-state index is 0.00442. The van der Waals surface area contributed by atoms with Crippen LogP contribution in [0.5, 0.6) is 17.2 Å². The van der Waals surface area contributed by atoms with E-state index in [1.165, 1.54) is 18.1 Å². The Bertz CT molecular complexity index is 1080. The van der Waals surface area contributed by atoms with Gasteiger partial charge in [0.05, 0.1) is 31.0 Å².